The SMILES string of the molecule is O=C(O)c1cc(OC2CCOC3(CCCC3)C2)ccc1Br. The summed E-state index contributed by atoms with van der Waals surface area (Å²) in [6.45, 7) is 0.729. The fourth-order valence-corrected chi connectivity index (χ4v) is 3.80. The lowest BCUT2D eigenvalue weighted by Gasteiger charge is -2.38. The number of benzene rings is 1. The van der Waals surface area contributed by atoms with Crippen LogP contribution in [-0.4, -0.2) is 29.4 Å². The quantitative estimate of drug-likeness (QED) is 0.890. The molecule has 1 saturated heterocycles. The van der Waals surface area contributed by atoms with Crippen LogP contribution in [0.1, 0.15) is 48.9 Å². The molecule has 0 amide bonds. The lowest BCUT2D eigenvalue weighted by molar-refractivity contribution is -0.108. The topological polar surface area (TPSA) is 55.8 Å². The normalized spacial score (nSPS) is 24.1. The summed E-state index contributed by atoms with van der Waals surface area (Å²) in [6, 6.07) is 5.12. The second kappa shape index (κ2) is 5.97. The van der Waals surface area contributed by atoms with Crippen LogP contribution in [0.4, 0.5) is 0 Å². The Morgan fingerprint density at radius 2 is 2.14 bits per heavy atom. The number of halogens is 1. The molecule has 4 nitrogen and oxygen atoms in total. The van der Waals surface area contributed by atoms with E-state index in [1.54, 1.807) is 12.1 Å². The maximum absolute atomic E-state index is 11.2. The summed E-state index contributed by atoms with van der Waals surface area (Å²) in [5.41, 5.74) is 0.239. The molecule has 1 aromatic rings. The minimum atomic E-state index is -0.952. The van der Waals surface area contributed by atoms with Crippen molar-refractivity contribution in [1.82, 2.24) is 0 Å². The van der Waals surface area contributed by atoms with Crippen LogP contribution in [0.5, 0.6) is 5.75 Å². The molecule has 2 aliphatic rings. The summed E-state index contributed by atoms with van der Waals surface area (Å²) in [5.74, 6) is -0.331. The van der Waals surface area contributed by atoms with Crippen molar-refractivity contribution in [2.24, 2.45) is 0 Å². The van der Waals surface area contributed by atoms with Crippen LogP contribution in [0, 0.1) is 0 Å². The fourth-order valence-electron chi connectivity index (χ4n) is 3.39. The van der Waals surface area contributed by atoms with Gasteiger partial charge in [-0.05, 0) is 47.0 Å². The molecular weight excluding hydrogens is 336 g/mol. The molecule has 1 saturated carbocycles. The minimum absolute atomic E-state index is 0.00785. The van der Waals surface area contributed by atoms with Crippen LogP contribution >= 0.6 is 15.9 Å². The van der Waals surface area contributed by atoms with E-state index in [0.717, 1.165) is 32.3 Å². The van der Waals surface area contributed by atoms with Gasteiger partial charge < -0.3 is 14.6 Å². The summed E-state index contributed by atoms with van der Waals surface area (Å²) in [7, 11) is 0. The van der Waals surface area contributed by atoms with Gasteiger partial charge in [-0.1, -0.05) is 12.8 Å². The monoisotopic (exact) mass is 354 g/mol. The molecule has 1 spiro atoms. The highest BCUT2D eigenvalue weighted by atomic mass is 79.9. The lowest BCUT2D eigenvalue weighted by Crippen LogP contribution is -2.41. The molecule has 1 heterocycles. The number of carbonyl (C=O) groups is 1. The van der Waals surface area contributed by atoms with Crippen molar-refractivity contribution in [2.45, 2.75) is 50.2 Å². The molecule has 21 heavy (non-hydrogen) atoms. The number of aromatic carboxylic acids is 1. The summed E-state index contributed by atoms with van der Waals surface area (Å²) in [5, 5.41) is 9.16. The molecule has 114 valence electrons. The largest absolute Gasteiger partial charge is 0.490 e. The summed E-state index contributed by atoms with van der Waals surface area (Å²) < 4.78 is 12.6. The van der Waals surface area contributed by atoms with Crippen LogP contribution in [-0.2, 0) is 4.74 Å². The first-order valence-corrected chi connectivity index (χ1v) is 8.21. The van der Waals surface area contributed by atoms with Gasteiger partial charge >= 0.3 is 5.97 Å². The molecule has 0 aromatic heterocycles. The second-order valence-corrected chi connectivity index (χ2v) is 6.77. The first kappa shape index (κ1) is 14.9. The van der Waals surface area contributed by atoms with Crippen molar-refractivity contribution < 1.29 is 19.4 Å². The smallest absolute Gasteiger partial charge is 0.336 e. The van der Waals surface area contributed by atoms with Crippen molar-refractivity contribution in [2.75, 3.05) is 6.61 Å². The molecule has 1 aliphatic carbocycles. The zero-order chi connectivity index (χ0) is 14.9. The molecular formula is C16H19BrO4. The van der Waals surface area contributed by atoms with Crippen LogP contribution in [0.25, 0.3) is 0 Å². The highest BCUT2D eigenvalue weighted by Crippen LogP contribution is 2.41. The van der Waals surface area contributed by atoms with Crippen molar-refractivity contribution in [1.29, 1.82) is 0 Å². The number of ether oxygens (including phenoxy) is 2. The number of rotatable bonds is 3. The zero-order valence-electron chi connectivity index (χ0n) is 11.8. The Bertz CT molecular complexity index is 537. The summed E-state index contributed by atoms with van der Waals surface area (Å²) >= 11 is 3.25. The Morgan fingerprint density at radius 1 is 1.38 bits per heavy atom. The average Bonchev–Trinajstić information content (AvgIpc) is 2.88. The Balaban J connectivity index is 1.71. The van der Waals surface area contributed by atoms with Gasteiger partial charge in [0.25, 0.3) is 0 Å². The summed E-state index contributed by atoms with van der Waals surface area (Å²) in [6.07, 6.45) is 6.58. The Hall–Kier alpha value is -1.07. The van der Waals surface area contributed by atoms with Gasteiger partial charge in [-0.2, -0.15) is 0 Å². The van der Waals surface area contributed by atoms with Crippen LogP contribution in [0.2, 0.25) is 0 Å². The number of hydrogen-bond acceptors (Lipinski definition) is 3. The predicted molar refractivity (Wildman–Crippen MR) is 81.9 cm³/mol. The van der Waals surface area contributed by atoms with E-state index in [9.17, 15) is 4.79 Å². The van der Waals surface area contributed by atoms with E-state index in [-0.39, 0.29) is 17.3 Å². The Labute approximate surface area is 132 Å². The lowest BCUT2D eigenvalue weighted by atomic mass is 9.90. The van der Waals surface area contributed by atoms with Crippen molar-refractivity contribution in [3.63, 3.8) is 0 Å². The van der Waals surface area contributed by atoms with E-state index in [0.29, 0.717) is 10.2 Å². The van der Waals surface area contributed by atoms with E-state index in [4.69, 9.17) is 14.6 Å². The highest BCUT2D eigenvalue weighted by Gasteiger charge is 2.40. The van der Waals surface area contributed by atoms with E-state index in [2.05, 4.69) is 15.9 Å². The van der Waals surface area contributed by atoms with Gasteiger partial charge in [0.05, 0.1) is 17.8 Å². The van der Waals surface area contributed by atoms with Gasteiger partial charge in [0, 0.05) is 17.3 Å². The maximum atomic E-state index is 11.2. The number of carboxylic acids is 1. The molecule has 0 radical (unpaired) electrons. The van der Waals surface area contributed by atoms with E-state index in [1.807, 2.05) is 6.07 Å². The highest BCUT2D eigenvalue weighted by molar-refractivity contribution is 9.10. The zero-order valence-corrected chi connectivity index (χ0v) is 13.4. The molecule has 2 fully saturated rings. The Morgan fingerprint density at radius 3 is 2.86 bits per heavy atom. The Kier molecular flexibility index (Phi) is 4.22. The van der Waals surface area contributed by atoms with Gasteiger partial charge in [-0.25, -0.2) is 4.79 Å². The second-order valence-electron chi connectivity index (χ2n) is 5.92. The molecule has 1 N–H and O–H groups in total. The molecule has 1 aromatic carbocycles. The first-order chi connectivity index (χ1) is 10.1. The third kappa shape index (κ3) is 3.24. The van der Waals surface area contributed by atoms with Gasteiger partial charge in [-0.3, -0.25) is 0 Å². The predicted octanol–water partition coefficient (Wildman–Crippen LogP) is 4.02. The third-order valence-electron chi connectivity index (χ3n) is 4.43. The number of hydrogen-bond donors (Lipinski definition) is 1. The van der Waals surface area contributed by atoms with Crippen molar-refractivity contribution >= 4 is 21.9 Å². The average molecular weight is 355 g/mol. The molecule has 3 rings (SSSR count). The number of carboxylic acid groups (broad SMARTS) is 1. The van der Waals surface area contributed by atoms with Crippen LogP contribution in [0.15, 0.2) is 22.7 Å². The fraction of sp³-hybridized carbons (Fsp3) is 0.562. The first-order valence-electron chi connectivity index (χ1n) is 7.41. The molecule has 1 unspecified atom stereocenters. The van der Waals surface area contributed by atoms with Gasteiger partial charge in [-0.15, -0.1) is 0 Å². The van der Waals surface area contributed by atoms with Crippen LogP contribution < -0.4 is 4.74 Å². The van der Waals surface area contributed by atoms with Gasteiger partial charge in [0.15, 0.2) is 0 Å². The third-order valence-corrected chi connectivity index (χ3v) is 5.13. The van der Waals surface area contributed by atoms with Crippen LogP contribution in [0.3, 0.4) is 0 Å². The van der Waals surface area contributed by atoms with Gasteiger partial charge in [0.1, 0.15) is 11.9 Å². The molecule has 1 atom stereocenters. The molecule has 1 aliphatic heterocycles. The molecule has 5 heteroatoms. The van der Waals surface area contributed by atoms with Crippen molar-refractivity contribution in [3.05, 3.63) is 28.2 Å². The minimum Gasteiger partial charge on any atom is -0.490 e. The maximum Gasteiger partial charge on any atom is 0.336 e. The molecule has 0 bridgehead atoms. The van der Waals surface area contributed by atoms with E-state index >= 15 is 0 Å². The van der Waals surface area contributed by atoms with E-state index in [1.165, 1.54) is 12.8 Å². The van der Waals surface area contributed by atoms with Gasteiger partial charge in [0.2, 0.25) is 0 Å². The van der Waals surface area contributed by atoms with E-state index < -0.39 is 5.97 Å². The standard InChI is InChI=1S/C16H19BrO4/c17-14-4-3-11(9-13(14)15(18)19)21-12-5-8-20-16(10-12)6-1-2-7-16/h3-4,9,12H,1-2,5-8,10H2,(H,18,19). The summed E-state index contributed by atoms with van der Waals surface area (Å²) in [4.78, 5) is 11.2. The van der Waals surface area contributed by atoms with Crippen molar-refractivity contribution in [3.8, 4) is 5.75 Å².